The maximum atomic E-state index is 9.97. The van der Waals surface area contributed by atoms with Gasteiger partial charge in [-0.15, -0.1) is 0 Å². The van der Waals surface area contributed by atoms with E-state index in [0.29, 0.717) is 45.3 Å². The first-order valence-electron chi connectivity index (χ1n) is 22.4. The molecular weight excluding hydrogens is 861 g/mol. The number of fused-ring (bicyclic) bond motifs is 6. The van der Waals surface area contributed by atoms with Gasteiger partial charge in [-0.05, 0) is 112 Å². The van der Waals surface area contributed by atoms with E-state index >= 15 is 0 Å². The minimum absolute atomic E-state index is 0.382. The Balaban J connectivity index is 1.18. The van der Waals surface area contributed by atoms with E-state index in [-0.39, 0.29) is 0 Å². The lowest BCUT2D eigenvalue weighted by atomic mass is 9.98. The van der Waals surface area contributed by atoms with Crippen LogP contribution in [0.4, 0.5) is 0 Å². The molecule has 0 aliphatic rings. The van der Waals surface area contributed by atoms with Crippen LogP contribution < -0.4 is 0 Å². The Morgan fingerprint density at radius 2 is 0.757 bits per heavy atom. The normalized spacial score (nSPS) is 11.1. The number of rotatable bonds is 7. The fourth-order valence-electron chi connectivity index (χ4n) is 9.41. The van der Waals surface area contributed by atoms with E-state index in [1.165, 1.54) is 0 Å². The van der Waals surface area contributed by atoms with Crippen LogP contribution in [0.1, 0.15) is 22.3 Å². The lowest BCUT2D eigenvalue weighted by Crippen LogP contribution is -2.04. The summed E-state index contributed by atoms with van der Waals surface area (Å²) in [5.74, 6) is 1.46. The zero-order valence-corrected chi connectivity index (χ0v) is 37.0. The molecule has 0 aliphatic heterocycles. The molecule has 0 bridgehead atoms. The Bertz CT molecular complexity index is 4040. The molecule has 12 aromatic rings. The minimum Gasteiger partial charge on any atom is -0.456 e. The van der Waals surface area contributed by atoms with Crippen molar-refractivity contribution >= 4 is 43.7 Å². The molecule has 9 heteroatoms. The number of benzene rings is 9. The highest BCUT2D eigenvalue weighted by Gasteiger charge is 2.22. The van der Waals surface area contributed by atoms with Gasteiger partial charge in [-0.2, -0.15) is 21.0 Å². The van der Waals surface area contributed by atoms with Crippen LogP contribution in [0.15, 0.2) is 199 Å². The molecule has 70 heavy (non-hydrogen) atoms. The number of hydrogen-bond acceptors (Lipinski definition) is 8. The molecule has 0 aliphatic carbocycles. The van der Waals surface area contributed by atoms with Gasteiger partial charge in [0.2, 0.25) is 0 Å². The van der Waals surface area contributed by atoms with Crippen molar-refractivity contribution in [3.8, 4) is 97.5 Å². The first-order chi connectivity index (χ1) is 34.4. The van der Waals surface area contributed by atoms with Crippen LogP contribution in [0.3, 0.4) is 0 Å². The maximum absolute atomic E-state index is 9.97. The quantitative estimate of drug-likeness (QED) is 0.153. The largest absolute Gasteiger partial charge is 0.456 e. The molecule has 0 fully saturated rings. The van der Waals surface area contributed by atoms with Gasteiger partial charge >= 0.3 is 0 Å². The molecule has 0 atom stereocenters. The van der Waals surface area contributed by atoms with Crippen LogP contribution in [0.25, 0.3) is 117 Å². The Morgan fingerprint density at radius 1 is 0.329 bits per heavy atom. The zero-order valence-electron chi connectivity index (χ0n) is 37.0. The van der Waals surface area contributed by atoms with Crippen molar-refractivity contribution in [3.63, 3.8) is 0 Å². The van der Waals surface area contributed by atoms with Crippen LogP contribution in [0.5, 0.6) is 0 Å². The third kappa shape index (κ3) is 7.14. The van der Waals surface area contributed by atoms with E-state index < -0.39 is 0 Å². The summed E-state index contributed by atoms with van der Waals surface area (Å²) >= 11 is 0. The summed E-state index contributed by atoms with van der Waals surface area (Å²) in [5.41, 5.74) is 12.8. The van der Waals surface area contributed by atoms with Gasteiger partial charge in [0.25, 0.3) is 0 Å². The highest BCUT2D eigenvalue weighted by molar-refractivity contribution is 6.12. The monoisotopic (exact) mass is 892 g/mol. The summed E-state index contributed by atoms with van der Waals surface area (Å²) in [5, 5.41) is 43.8. The molecule has 9 nitrogen and oxygen atoms in total. The van der Waals surface area contributed by atoms with Crippen molar-refractivity contribution < 1.29 is 4.42 Å². The number of aromatic nitrogens is 4. The summed E-state index contributed by atoms with van der Waals surface area (Å²) in [4.78, 5) is 15.6. The topological polar surface area (TPSA) is 152 Å². The van der Waals surface area contributed by atoms with Gasteiger partial charge in [0.05, 0.1) is 63.3 Å². The predicted molar refractivity (Wildman–Crippen MR) is 273 cm³/mol. The van der Waals surface area contributed by atoms with Crippen LogP contribution >= 0.6 is 0 Å². The maximum Gasteiger partial charge on any atom is 0.166 e. The minimum atomic E-state index is 0.382. The first-order valence-corrected chi connectivity index (χ1v) is 22.4. The second kappa shape index (κ2) is 16.8. The SMILES string of the molecule is N#Cc1cc(C#N)cc(-c2ccc3c4ccc(-c5cc(C#N)cc(C#N)c5)cc4n(-c4ccc(-c5ccc6c(c5)oc5ccccc56)cc4-c4nc(-c5ccccc5)nc(-c5ccccc5)n4)c3c2)c1. The van der Waals surface area contributed by atoms with E-state index in [2.05, 4.69) is 95.6 Å². The molecule has 3 heterocycles. The van der Waals surface area contributed by atoms with E-state index in [9.17, 15) is 21.0 Å². The molecule has 0 saturated heterocycles. The Labute approximate surface area is 400 Å². The number of nitriles is 4. The zero-order chi connectivity index (χ0) is 47.3. The van der Waals surface area contributed by atoms with Gasteiger partial charge in [0.15, 0.2) is 17.5 Å². The third-order valence-electron chi connectivity index (χ3n) is 12.7. The molecule has 0 spiro atoms. The molecule has 12 rings (SSSR count). The fourth-order valence-corrected chi connectivity index (χ4v) is 9.41. The van der Waals surface area contributed by atoms with E-state index in [4.69, 9.17) is 19.4 Å². The number of hydrogen-bond donors (Lipinski definition) is 0. The van der Waals surface area contributed by atoms with E-state index in [1.807, 2.05) is 91.0 Å². The lowest BCUT2D eigenvalue weighted by Gasteiger charge is -2.17. The van der Waals surface area contributed by atoms with Crippen LogP contribution in [-0.4, -0.2) is 19.5 Å². The summed E-state index contributed by atoms with van der Waals surface area (Å²) in [6.45, 7) is 0. The average Bonchev–Trinajstić information content (AvgIpc) is 3.97. The highest BCUT2D eigenvalue weighted by Crippen LogP contribution is 2.42. The summed E-state index contributed by atoms with van der Waals surface area (Å²) < 4.78 is 8.58. The lowest BCUT2D eigenvalue weighted by molar-refractivity contribution is 0.669. The fraction of sp³-hybridized carbons (Fsp3) is 0. The van der Waals surface area contributed by atoms with Crippen molar-refractivity contribution in [3.05, 3.63) is 216 Å². The van der Waals surface area contributed by atoms with Gasteiger partial charge in [-0.1, -0.05) is 115 Å². The second-order valence-electron chi connectivity index (χ2n) is 16.9. The molecule has 0 amide bonds. The van der Waals surface area contributed by atoms with Crippen molar-refractivity contribution in [2.45, 2.75) is 0 Å². The van der Waals surface area contributed by atoms with Crippen molar-refractivity contribution in [1.29, 1.82) is 21.0 Å². The number of para-hydroxylation sites is 1. The molecule has 0 N–H and O–H groups in total. The Hall–Kier alpha value is -10.5. The number of nitrogens with zero attached hydrogens (tertiary/aromatic N) is 8. The van der Waals surface area contributed by atoms with Crippen molar-refractivity contribution in [2.75, 3.05) is 0 Å². The molecule has 0 unspecified atom stereocenters. The third-order valence-corrected chi connectivity index (χ3v) is 12.7. The smallest absolute Gasteiger partial charge is 0.166 e. The molecular formula is C61H32N8O. The van der Waals surface area contributed by atoms with Crippen LogP contribution in [0, 0.1) is 45.3 Å². The number of furan rings is 1. The van der Waals surface area contributed by atoms with Gasteiger partial charge in [0, 0.05) is 38.2 Å². The van der Waals surface area contributed by atoms with Gasteiger partial charge in [-0.3, -0.25) is 0 Å². The second-order valence-corrected chi connectivity index (χ2v) is 16.9. The molecule has 0 radical (unpaired) electrons. The first kappa shape index (κ1) is 41.0. The summed E-state index contributed by atoms with van der Waals surface area (Å²) in [6, 6.07) is 71.9. The summed E-state index contributed by atoms with van der Waals surface area (Å²) in [6.07, 6.45) is 0. The highest BCUT2D eigenvalue weighted by atomic mass is 16.3. The summed E-state index contributed by atoms with van der Waals surface area (Å²) in [7, 11) is 0. The van der Waals surface area contributed by atoms with Crippen LogP contribution in [0.2, 0.25) is 0 Å². The molecule has 3 aromatic heterocycles. The van der Waals surface area contributed by atoms with Gasteiger partial charge < -0.3 is 8.98 Å². The van der Waals surface area contributed by atoms with E-state index in [1.54, 1.807) is 36.4 Å². The Kier molecular flexibility index (Phi) is 9.82. The molecule has 9 aromatic carbocycles. The Morgan fingerprint density at radius 3 is 1.29 bits per heavy atom. The predicted octanol–water partition coefficient (Wildman–Crippen LogP) is 14.4. The standard InChI is InChI=1S/C61H32N8O/c62-33-37-23-38(34-63)26-47(25-37)44-15-19-49-50-20-16-45(48-27-39(35-64)24-40(28-48)36-65)31-56(50)69(55(49)30-44)54-22-18-43(46-17-21-52-51-13-7-8-14-57(51)70-58(52)32-46)29-53(54)61-67-59(41-9-3-1-4-10-41)66-60(68-61)42-11-5-2-6-12-42/h1-32H. The average molecular weight is 893 g/mol. The van der Waals surface area contributed by atoms with Crippen LogP contribution in [-0.2, 0) is 0 Å². The van der Waals surface area contributed by atoms with Gasteiger partial charge in [0.1, 0.15) is 11.2 Å². The van der Waals surface area contributed by atoms with Crippen molar-refractivity contribution in [1.82, 2.24) is 19.5 Å². The molecule has 0 saturated carbocycles. The van der Waals surface area contributed by atoms with Crippen molar-refractivity contribution in [2.24, 2.45) is 0 Å². The van der Waals surface area contributed by atoms with Gasteiger partial charge in [-0.25, -0.2) is 15.0 Å². The van der Waals surface area contributed by atoms with E-state index in [0.717, 1.165) is 93.9 Å². The molecule has 322 valence electrons.